The van der Waals surface area contributed by atoms with E-state index in [1.54, 1.807) is 0 Å². The van der Waals surface area contributed by atoms with Crippen LogP contribution in [-0.2, 0) is 18.6 Å². The third-order valence-corrected chi connectivity index (χ3v) is 5.27. The largest absolute Gasteiger partial charge is 0.494 e. The molecule has 1 aliphatic rings. The van der Waals surface area contributed by atoms with Crippen LogP contribution in [-0.4, -0.2) is 18.0 Å². The molecule has 4 nitrogen and oxygen atoms in total. The van der Waals surface area contributed by atoms with Gasteiger partial charge in [0.05, 0.1) is 12.8 Å². The van der Waals surface area contributed by atoms with Gasteiger partial charge in [-0.1, -0.05) is 42.1 Å². The number of fused-ring (bicyclic) bond motifs is 1. The van der Waals surface area contributed by atoms with Gasteiger partial charge in [0.25, 0.3) is 0 Å². The Morgan fingerprint density at radius 2 is 1.88 bits per heavy atom. The lowest BCUT2D eigenvalue weighted by molar-refractivity contribution is 0.334. The number of rotatable bonds is 6. The molecule has 0 bridgehead atoms. The van der Waals surface area contributed by atoms with Crippen LogP contribution in [0, 0.1) is 0 Å². The Morgan fingerprint density at radius 3 is 2.65 bits per heavy atom. The van der Waals surface area contributed by atoms with E-state index in [2.05, 4.69) is 28.4 Å². The van der Waals surface area contributed by atoms with Crippen LogP contribution in [0.2, 0.25) is 0 Å². The standard InChI is InChI=1S/C21H25N3OS/c1-2-25-20-13-12-17(18-10-6-7-11-19(18)20)14-23-24-21(22)26-15-16-8-4-3-5-9-16/h3-5,8-9,12-14H,2,6-7,10-11,15H2,1H3,(H2,22,24). The second-order valence-electron chi connectivity index (χ2n) is 6.21. The highest BCUT2D eigenvalue weighted by Crippen LogP contribution is 2.31. The number of hydrogen-bond donors (Lipinski definition) is 1. The van der Waals surface area contributed by atoms with E-state index in [1.807, 2.05) is 37.4 Å². The van der Waals surface area contributed by atoms with E-state index in [0.717, 1.165) is 29.9 Å². The van der Waals surface area contributed by atoms with Crippen LogP contribution in [0.25, 0.3) is 0 Å². The second kappa shape index (κ2) is 9.43. The summed E-state index contributed by atoms with van der Waals surface area (Å²) in [5.41, 5.74) is 11.0. The predicted octanol–water partition coefficient (Wildman–Crippen LogP) is 4.55. The van der Waals surface area contributed by atoms with Crippen LogP contribution in [0.4, 0.5) is 0 Å². The number of nitrogens with two attached hydrogens (primary N) is 1. The SMILES string of the molecule is CCOc1ccc(C=NN=C(N)SCc2ccccc2)c2c1CCCC2. The summed E-state index contributed by atoms with van der Waals surface area (Å²) >= 11 is 1.50. The maximum Gasteiger partial charge on any atom is 0.180 e. The third-order valence-electron chi connectivity index (χ3n) is 4.41. The fourth-order valence-corrected chi connectivity index (χ4v) is 3.79. The van der Waals surface area contributed by atoms with Crippen molar-refractivity contribution < 1.29 is 4.74 Å². The molecule has 0 radical (unpaired) electrons. The van der Waals surface area contributed by atoms with Gasteiger partial charge < -0.3 is 10.5 Å². The normalized spacial score (nSPS) is 14.4. The van der Waals surface area contributed by atoms with Gasteiger partial charge in [0.1, 0.15) is 5.75 Å². The molecule has 2 aromatic carbocycles. The minimum atomic E-state index is 0.477. The average molecular weight is 368 g/mol. The van der Waals surface area contributed by atoms with Crippen molar-refractivity contribution in [3.63, 3.8) is 0 Å². The number of nitrogens with zero attached hydrogens (tertiary/aromatic N) is 2. The molecule has 0 heterocycles. The minimum Gasteiger partial charge on any atom is -0.494 e. The third kappa shape index (κ3) is 4.88. The number of hydrogen-bond acceptors (Lipinski definition) is 4. The van der Waals surface area contributed by atoms with E-state index < -0.39 is 0 Å². The zero-order chi connectivity index (χ0) is 18.2. The van der Waals surface area contributed by atoms with Crippen LogP contribution in [0.15, 0.2) is 52.7 Å². The van der Waals surface area contributed by atoms with E-state index >= 15 is 0 Å². The van der Waals surface area contributed by atoms with Crippen LogP contribution >= 0.6 is 11.8 Å². The van der Waals surface area contributed by atoms with Crippen molar-refractivity contribution in [1.29, 1.82) is 0 Å². The highest BCUT2D eigenvalue weighted by atomic mass is 32.2. The number of thioether (sulfide) groups is 1. The summed E-state index contributed by atoms with van der Waals surface area (Å²) in [6, 6.07) is 14.3. The topological polar surface area (TPSA) is 60.0 Å². The first-order chi connectivity index (χ1) is 12.8. The zero-order valence-electron chi connectivity index (χ0n) is 15.1. The van der Waals surface area contributed by atoms with Gasteiger partial charge in [0.2, 0.25) is 0 Å². The molecule has 0 aromatic heterocycles. The van der Waals surface area contributed by atoms with E-state index in [9.17, 15) is 0 Å². The summed E-state index contributed by atoms with van der Waals surface area (Å²) in [6.45, 7) is 2.72. The van der Waals surface area contributed by atoms with Crippen molar-refractivity contribution >= 4 is 23.1 Å². The van der Waals surface area contributed by atoms with Crippen molar-refractivity contribution in [3.8, 4) is 5.75 Å². The summed E-state index contributed by atoms with van der Waals surface area (Å²) < 4.78 is 5.78. The average Bonchev–Trinajstić information content (AvgIpc) is 2.69. The van der Waals surface area contributed by atoms with E-state index in [4.69, 9.17) is 10.5 Å². The summed E-state index contributed by atoms with van der Waals surface area (Å²) in [7, 11) is 0. The molecule has 0 amide bonds. The van der Waals surface area contributed by atoms with Crippen molar-refractivity contribution in [3.05, 3.63) is 64.7 Å². The van der Waals surface area contributed by atoms with Gasteiger partial charge >= 0.3 is 0 Å². The van der Waals surface area contributed by atoms with Gasteiger partial charge in [0.15, 0.2) is 5.17 Å². The Morgan fingerprint density at radius 1 is 1.12 bits per heavy atom. The molecule has 0 saturated carbocycles. The summed E-state index contributed by atoms with van der Waals surface area (Å²) in [4.78, 5) is 0. The Kier molecular flexibility index (Phi) is 6.72. The fourth-order valence-electron chi connectivity index (χ4n) is 3.18. The molecule has 0 unspecified atom stereocenters. The Balaban J connectivity index is 1.68. The molecular weight excluding hydrogens is 342 g/mol. The molecular formula is C21H25N3OS. The quantitative estimate of drug-likeness (QED) is 0.463. The molecule has 136 valence electrons. The zero-order valence-corrected chi connectivity index (χ0v) is 16.0. The maximum atomic E-state index is 5.97. The van der Waals surface area contributed by atoms with Crippen LogP contribution < -0.4 is 10.5 Å². The van der Waals surface area contributed by atoms with Gasteiger partial charge in [0, 0.05) is 5.75 Å². The van der Waals surface area contributed by atoms with Crippen molar-refractivity contribution in [1.82, 2.24) is 0 Å². The molecule has 1 aliphatic carbocycles. The fraction of sp³-hybridized carbons (Fsp3) is 0.333. The predicted molar refractivity (Wildman–Crippen MR) is 111 cm³/mol. The number of ether oxygens (including phenoxy) is 1. The molecule has 2 N–H and O–H groups in total. The molecule has 2 aromatic rings. The molecule has 26 heavy (non-hydrogen) atoms. The lowest BCUT2D eigenvalue weighted by Crippen LogP contribution is -2.09. The summed E-state index contributed by atoms with van der Waals surface area (Å²) in [5.74, 6) is 1.81. The molecule has 0 spiro atoms. The van der Waals surface area contributed by atoms with Crippen LogP contribution in [0.5, 0.6) is 5.75 Å². The minimum absolute atomic E-state index is 0.477. The molecule has 0 aliphatic heterocycles. The monoisotopic (exact) mass is 367 g/mol. The Labute approximate surface area is 159 Å². The van der Waals surface area contributed by atoms with Crippen LogP contribution in [0.3, 0.4) is 0 Å². The molecule has 0 saturated heterocycles. The maximum absolute atomic E-state index is 5.97. The first kappa shape index (κ1) is 18.5. The van der Waals surface area contributed by atoms with Gasteiger partial charge in [-0.15, -0.1) is 5.10 Å². The van der Waals surface area contributed by atoms with Crippen molar-refractivity contribution in [2.45, 2.75) is 38.4 Å². The molecule has 0 atom stereocenters. The van der Waals surface area contributed by atoms with Gasteiger partial charge in [-0.25, -0.2) is 0 Å². The van der Waals surface area contributed by atoms with Gasteiger partial charge in [-0.2, -0.15) is 5.10 Å². The van der Waals surface area contributed by atoms with E-state index in [-0.39, 0.29) is 0 Å². The summed E-state index contributed by atoms with van der Waals surface area (Å²) in [5, 5.41) is 8.83. The number of amidine groups is 1. The van der Waals surface area contributed by atoms with Gasteiger partial charge in [-0.3, -0.25) is 0 Å². The first-order valence-electron chi connectivity index (χ1n) is 9.08. The van der Waals surface area contributed by atoms with E-state index in [1.165, 1.54) is 41.3 Å². The highest BCUT2D eigenvalue weighted by Gasteiger charge is 2.17. The van der Waals surface area contributed by atoms with Gasteiger partial charge in [-0.05, 0) is 67.0 Å². The van der Waals surface area contributed by atoms with Crippen LogP contribution in [0.1, 0.15) is 42.0 Å². The highest BCUT2D eigenvalue weighted by molar-refractivity contribution is 8.13. The number of benzene rings is 2. The van der Waals surface area contributed by atoms with E-state index in [0.29, 0.717) is 11.8 Å². The summed E-state index contributed by atoms with van der Waals surface area (Å²) in [6.07, 6.45) is 6.39. The Bertz CT molecular complexity index is 787. The lowest BCUT2D eigenvalue weighted by atomic mass is 9.88. The smallest absolute Gasteiger partial charge is 0.180 e. The lowest BCUT2D eigenvalue weighted by Gasteiger charge is -2.21. The molecule has 5 heteroatoms. The van der Waals surface area contributed by atoms with Crippen molar-refractivity contribution in [2.24, 2.45) is 15.9 Å². The molecule has 3 rings (SSSR count). The first-order valence-corrected chi connectivity index (χ1v) is 10.1. The Hall–Kier alpha value is -2.27. The van der Waals surface area contributed by atoms with Crippen molar-refractivity contribution in [2.75, 3.05) is 6.61 Å². The second-order valence-corrected chi connectivity index (χ2v) is 7.20. The molecule has 0 fully saturated rings.